The molecule has 2 aliphatic rings. The summed E-state index contributed by atoms with van der Waals surface area (Å²) < 4.78 is 5.27. The van der Waals surface area contributed by atoms with Gasteiger partial charge in [0.15, 0.2) is 0 Å². The van der Waals surface area contributed by atoms with Crippen molar-refractivity contribution in [3.05, 3.63) is 139 Å². The minimum atomic E-state index is -1.33. The zero-order valence-corrected chi connectivity index (χ0v) is 28.4. The molecule has 0 saturated heterocycles. The number of esters is 1. The molecule has 0 aromatic heterocycles. The lowest BCUT2D eigenvalue weighted by Gasteiger charge is -2.28. The number of carboxylic acids is 1. The summed E-state index contributed by atoms with van der Waals surface area (Å²) in [4.78, 5) is 50.1. The molecule has 0 bridgehead atoms. The molecule has 0 fully saturated rings. The number of amides is 2. The first-order valence-corrected chi connectivity index (χ1v) is 16.3. The van der Waals surface area contributed by atoms with Gasteiger partial charge in [-0.05, 0) is 66.3 Å². The van der Waals surface area contributed by atoms with E-state index in [-0.39, 0.29) is 25.4 Å². The predicted molar refractivity (Wildman–Crippen MR) is 185 cm³/mol. The maximum atomic E-state index is 12.9. The summed E-state index contributed by atoms with van der Waals surface area (Å²) in [5, 5.41) is 16.0. The van der Waals surface area contributed by atoms with Gasteiger partial charge in [0.2, 0.25) is 0 Å². The van der Waals surface area contributed by atoms with Crippen molar-refractivity contribution in [3.8, 4) is 0 Å². The zero-order chi connectivity index (χ0) is 34.6. The Morgan fingerprint density at radius 1 is 0.646 bits per heavy atom. The van der Waals surface area contributed by atoms with E-state index in [2.05, 4.69) is 10.6 Å². The number of aliphatic carboxylic acids is 1. The summed E-state index contributed by atoms with van der Waals surface area (Å²) in [6, 6.07) is 25.8. The third kappa shape index (κ3) is 6.96. The van der Waals surface area contributed by atoms with Crippen LogP contribution in [0.5, 0.6) is 0 Å². The molecular weight excluding hydrogens is 651 g/mol. The van der Waals surface area contributed by atoms with E-state index in [0.717, 1.165) is 27.8 Å². The second-order valence-corrected chi connectivity index (χ2v) is 13.0. The largest absolute Gasteiger partial charge is 0.479 e. The second-order valence-electron chi connectivity index (χ2n) is 12.2. The smallest absolute Gasteiger partial charge is 0.332 e. The monoisotopic (exact) mass is 686 g/mol. The summed E-state index contributed by atoms with van der Waals surface area (Å²) in [7, 11) is 0. The standard InChI is InChI=1S/C20H20ClNO3.C18H16ClNO3/c1-3-25-19(24)20(11-14-8-4-5-9-15(14)12-20)22-18(23)17-13(2)7-6-10-16(17)21;1-11-5-4-8-14(19)15(11)16(21)20-18(17(22)23)9-12-6-2-3-7-13(12)10-18/h4-10H,3,11-12H2,1-2H3,(H,22,23);2-8H,9-10H2,1H3,(H,20,21)(H,22,23). The van der Waals surface area contributed by atoms with Crippen molar-refractivity contribution in [2.75, 3.05) is 6.61 Å². The average Bonchev–Trinajstić information content (AvgIpc) is 3.60. The Morgan fingerprint density at radius 3 is 1.38 bits per heavy atom. The highest BCUT2D eigenvalue weighted by molar-refractivity contribution is 6.34. The molecule has 0 spiro atoms. The van der Waals surface area contributed by atoms with Gasteiger partial charge in [-0.15, -0.1) is 0 Å². The summed E-state index contributed by atoms with van der Waals surface area (Å²) in [5.41, 5.74) is 3.77. The van der Waals surface area contributed by atoms with Gasteiger partial charge in [0, 0.05) is 25.7 Å². The molecule has 4 aromatic carbocycles. The van der Waals surface area contributed by atoms with Crippen molar-refractivity contribution in [1.82, 2.24) is 10.6 Å². The molecule has 0 radical (unpaired) electrons. The van der Waals surface area contributed by atoms with E-state index in [4.69, 9.17) is 27.9 Å². The third-order valence-corrected chi connectivity index (χ3v) is 9.51. The van der Waals surface area contributed by atoms with E-state index in [1.165, 1.54) is 0 Å². The molecule has 2 aliphatic carbocycles. The Morgan fingerprint density at radius 2 is 1.02 bits per heavy atom. The van der Waals surface area contributed by atoms with Crippen LogP contribution in [0.1, 0.15) is 61.0 Å². The number of carboxylic acid groups (broad SMARTS) is 1. The van der Waals surface area contributed by atoms with Crippen molar-refractivity contribution in [1.29, 1.82) is 0 Å². The molecule has 4 aromatic rings. The van der Waals surface area contributed by atoms with Gasteiger partial charge in [-0.1, -0.05) is 96.0 Å². The number of nitrogens with one attached hydrogen (secondary N) is 2. The highest BCUT2D eigenvalue weighted by Gasteiger charge is 2.47. The van der Waals surface area contributed by atoms with Gasteiger partial charge in [0.1, 0.15) is 11.1 Å². The van der Waals surface area contributed by atoms with Crippen LogP contribution in [0.25, 0.3) is 0 Å². The number of rotatable bonds is 7. The van der Waals surface area contributed by atoms with Crippen LogP contribution in [-0.2, 0) is 40.0 Å². The maximum Gasteiger partial charge on any atom is 0.332 e. The number of fused-ring (bicyclic) bond motifs is 2. The highest BCUT2D eigenvalue weighted by atomic mass is 35.5. The lowest BCUT2D eigenvalue weighted by Crippen LogP contribution is -2.56. The number of benzene rings is 4. The fourth-order valence-corrected chi connectivity index (χ4v) is 7.09. The number of carbonyl (C=O) groups excluding carboxylic acids is 3. The van der Waals surface area contributed by atoms with Gasteiger partial charge < -0.3 is 20.5 Å². The van der Waals surface area contributed by atoms with Crippen LogP contribution < -0.4 is 10.6 Å². The van der Waals surface area contributed by atoms with Gasteiger partial charge in [0.25, 0.3) is 11.8 Å². The number of hydrogen-bond donors (Lipinski definition) is 3. The van der Waals surface area contributed by atoms with E-state index >= 15 is 0 Å². The molecule has 0 saturated carbocycles. The van der Waals surface area contributed by atoms with Gasteiger partial charge in [-0.25, -0.2) is 9.59 Å². The third-order valence-electron chi connectivity index (χ3n) is 8.88. The Kier molecular flexibility index (Phi) is 10.3. The Labute approximate surface area is 289 Å². The molecule has 8 nitrogen and oxygen atoms in total. The molecule has 0 heterocycles. The topological polar surface area (TPSA) is 122 Å². The molecule has 10 heteroatoms. The second kappa shape index (κ2) is 14.2. The van der Waals surface area contributed by atoms with Crippen LogP contribution in [0.15, 0.2) is 84.9 Å². The summed E-state index contributed by atoms with van der Waals surface area (Å²) in [6.07, 6.45) is 1.37. The molecule has 3 N–H and O–H groups in total. The van der Waals surface area contributed by atoms with Crippen LogP contribution in [0.3, 0.4) is 0 Å². The maximum absolute atomic E-state index is 12.9. The molecule has 0 aliphatic heterocycles. The SMILES string of the molecule is CCOC(=O)C1(NC(=O)c2c(C)cccc2Cl)Cc2ccccc2C1.Cc1cccc(Cl)c1C(=O)NC1(C(=O)O)Cc2ccccc2C1. The Balaban J connectivity index is 0.000000188. The molecule has 0 unspecified atom stereocenters. The average molecular weight is 688 g/mol. The first-order valence-electron chi connectivity index (χ1n) is 15.6. The van der Waals surface area contributed by atoms with Crippen LogP contribution in [0.4, 0.5) is 0 Å². The Hall–Kier alpha value is -4.66. The summed E-state index contributed by atoms with van der Waals surface area (Å²) >= 11 is 12.3. The molecule has 248 valence electrons. The first-order chi connectivity index (χ1) is 22.9. The highest BCUT2D eigenvalue weighted by Crippen LogP contribution is 2.33. The summed E-state index contributed by atoms with van der Waals surface area (Å²) in [5.74, 6) is -2.26. The fraction of sp³-hybridized carbons (Fsp3) is 0.263. The van der Waals surface area contributed by atoms with Crippen molar-refractivity contribution in [2.45, 2.75) is 57.5 Å². The number of carbonyl (C=O) groups is 4. The van der Waals surface area contributed by atoms with E-state index in [1.54, 1.807) is 44.2 Å². The van der Waals surface area contributed by atoms with Crippen molar-refractivity contribution < 1.29 is 29.0 Å². The number of aryl methyl sites for hydroxylation is 2. The van der Waals surface area contributed by atoms with Crippen LogP contribution in [0.2, 0.25) is 10.0 Å². The number of ether oxygens (including phenoxy) is 1. The molecule has 6 rings (SSSR count). The minimum absolute atomic E-state index is 0.262. The molecule has 2 amide bonds. The van der Waals surface area contributed by atoms with Gasteiger partial charge in [0.05, 0.1) is 27.8 Å². The molecule has 0 atom stereocenters. The quantitative estimate of drug-likeness (QED) is 0.191. The van der Waals surface area contributed by atoms with Gasteiger partial charge >= 0.3 is 11.9 Å². The van der Waals surface area contributed by atoms with Crippen LogP contribution in [0, 0.1) is 13.8 Å². The molecular formula is C38H36Cl2N2O6. The van der Waals surface area contributed by atoms with Gasteiger partial charge in [-0.2, -0.15) is 0 Å². The van der Waals surface area contributed by atoms with E-state index in [0.29, 0.717) is 39.6 Å². The van der Waals surface area contributed by atoms with E-state index < -0.39 is 28.9 Å². The number of hydrogen-bond acceptors (Lipinski definition) is 5. The molecule has 48 heavy (non-hydrogen) atoms. The van der Waals surface area contributed by atoms with Crippen molar-refractivity contribution in [3.63, 3.8) is 0 Å². The lowest BCUT2D eigenvalue weighted by molar-refractivity contribution is -0.150. The van der Waals surface area contributed by atoms with Crippen molar-refractivity contribution in [2.24, 2.45) is 0 Å². The lowest BCUT2D eigenvalue weighted by atomic mass is 9.94. The first kappa shape index (κ1) is 34.7. The zero-order valence-electron chi connectivity index (χ0n) is 26.9. The van der Waals surface area contributed by atoms with Crippen LogP contribution >= 0.6 is 23.2 Å². The normalized spacial score (nSPS) is 14.9. The van der Waals surface area contributed by atoms with E-state index in [9.17, 15) is 24.3 Å². The predicted octanol–water partition coefficient (Wildman–Crippen LogP) is 6.48. The van der Waals surface area contributed by atoms with Gasteiger partial charge in [-0.3, -0.25) is 9.59 Å². The van der Waals surface area contributed by atoms with Crippen LogP contribution in [-0.4, -0.2) is 46.5 Å². The number of halogens is 2. The Bertz CT molecular complexity index is 1820. The fourth-order valence-electron chi connectivity index (χ4n) is 6.48. The van der Waals surface area contributed by atoms with E-state index in [1.807, 2.05) is 61.5 Å². The summed E-state index contributed by atoms with van der Waals surface area (Å²) in [6.45, 7) is 5.62. The minimum Gasteiger partial charge on any atom is -0.479 e. The van der Waals surface area contributed by atoms with Crippen molar-refractivity contribution >= 4 is 47.0 Å².